The quantitative estimate of drug-likeness (QED) is 0.830. The second-order valence-corrected chi connectivity index (χ2v) is 5.65. The first-order valence-electron chi connectivity index (χ1n) is 6.90. The Kier molecular flexibility index (Phi) is 5.89. The van der Waals surface area contributed by atoms with Gasteiger partial charge in [-0.1, -0.05) is 12.1 Å². The number of halogens is 2. The Balaban J connectivity index is 1.83. The smallest absolute Gasteiger partial charge is 0.387 e. The summed E-state index contributed by atoms with van der Waals surface area (Å²) in [5.74, 6) is 0.0707. The highest BCUT2D eigenvalue weighted by Crippen LogP contribution is 2.19. The summed E-state index contributed by atoms with van der Waals surface area (Å²) >= 11 is 1.61. The van der Waals surface area contributed by atoms with E-state index in [0.717, 1.165) is 11.1 Å². The first-order valence-corrected chi connectivity index (χ1v) is 7.84. The molecule has 0 spiro atoms. The van der Waals surface area contributed by atoms with Crippen molar-refractivity contribution in [2.75, 3.05) is 0 Å². The van der Waals surface area contributed by atoms with Gasteiger partial charge >= 0.3 is 6.61 Å². The molecule has 1 atom stereocenters. The van der Waals surface area contributed by atoms with Gasteiger partial charge in [0.05, 0.1) is 6.04 Å². The van der Waals surface area contributed by atoms with Crippen LogP contribution in [-0.2, 0) is 11.2 Å². The van der Waals surface area contributed by atoms with E-state index in [4.69, 9.17) is 0 Å². The predicted molar refractivity (Wildman–Crippen MR) is 82.3 cm³/mol. The predicted octanol–water partition coefficient (Wildman–Crippen LogP) is 4.16. The molecule has 1 unspecified atom stereocenters. The zero-order valence-corrected chi connectivity index (χ0v) is 12.9. The van der Waals surface area contributed by atoms with Crippen molar-refractivity contribution in [3.05, 3.63) is 52.2 Å². The fourth-order valence-corrected chi connectivity index (χ4v) is 2.73. The van der Waals surface area contributed by atoms with E-state index in [0.29, 0.717) is 12.8 Å². The lowest BCUT2D eigenvalue weighted by Gasteiger charge is -2.15. The molecule has 2 aromatic rings. The third-order valence-corrected chi connectivity index (χ3v) is 3.94. The minimum atomic E-state index is -2.83. The second-order valence-electron chi connectivity index (χ2n) is 4.87. The molecule has 1 aromatic heterocycles. The molecule has 1 N–H and O–H groups in total. The first-order chi connectivity index (χ1) is 10.5. The molecule has 0 aliphatic rings. The monoisotopic (exact) mass is 325 g/mol. The molecule has 6 heteroatoms. The molecule has 0 fully saturated rings. The van der Waals surface area contributed by atoms with Gasteiger partial charge in [0.15, 0.2) is 0 Å². The van der Waals surface area contributed by atoms with E-state index in [1.165, 1.54) is 12.1 Å². The van der Waals surface area contributed by atoms with E-state index in [2.05, 4.69) is 10.1 Å². The van der Waals surface area contributed by atoms with E-state index < -0.39 is 6.61 Å². The number of hydrogen-bond acceptors (Lipinski definition) is 3. The summed E-state index contributed by atoms with van der Waals surface area (Å²) < 4.78 is 28.4. The van der Waals surface area contributed by atoms with Crippen LogP contribution in [0.4, 0.5) is 8.78 Å². The normalized spacial score (nSPS) is 12.2. The van der Waals surface area contributed by atoms with E-state index in [1.807, 2.05) is 23.8 Å². The molecule has 0 radical (unpaired) electrons. The zero-order valence-electron chi connectivity index (χ0n) is 12.1. The van der Waals surface area contributed by atoms with Crippen molar-refractivity contribution < 1.29 is 18.3 Å². The van der Waals surface area contributed by atoms with Crippen LogP contribution >= 0.6 is 11.3 Å². The number of benzene rings is 1. The molecule has 0 aliphatic heterocycles. The summed E-state index contributed by atoms with van der Waals surface area (Å²) in [6.45, 7) is -0.981. The summed E-state index contributed by atoms with van der Waals surface area (Å²) in [6.07, 6.45) is 1.14. The lowest BCUT2D eigenvalue weighted by molar-refractivity contribution is -0.121. The minimum Gasteiger partial charge on any atom is -0.435 e. The van der Waals surface area contributed by atoms with Gasteiger partial charge in [-0.25, -0.2) is 0 Å². The highest BCUT2D eigenvalue weighted by molar-refractivity contribution is 7.07. The van der Waals surface area contributed by atoms with Crippen molar-refractivity contribution in [3.8, 4) is 5.75 Å². The number of amides is 1. The van der Waals surface area contributed by atoms with E-state index in [-0.39, 0.29) is 17.7 Å². The van der Waals surface area contributed by atoms with Gasteiger partial charge in [-0.05, 0) is 53.4 Å². The van der Waals surface area contributed by atoms with Crippen molar-refractivity contribution in [2.24, 2.45) is 0 Å². The molecule has 22 heavy (non-hydrogen) atoms. The molecular formula is C16H17F2NO2S. The fourth-order valence-electron chi connectivity index (χ4n) is 2.03. The summed E-state index contributed by atoms with van der Waals surface area (Å²) in [5, 5.41) is 6.91. The van der Waals surface area contributed by atoms with Crippen molar-refractivity contribution in [1.82, 2.24) is 5.32 Å². The molecule has 2 rings (SSSR count). The van der Waals surface area contributed by atoms with Crippen LogP contribution in [-0.4, -0.2) is 12.5 Å². The number of aryl methyl sites for hydroxylation is 1. The van der Waals surface area contributed by atoms with Gasteiger partial charge in [0, 0.05) is 6.42 Å². The van der Waals surface area contributed by atoms with Crippen LogP contribution < -0.4 is 10.1 Å². The highest BCUT2D eigenvalue weighted by Gasteiger charge is 2.11. The van der Waals surface area contributed by atoms with Crippen LogP contribution in [0.1, 0.15) is 30.5 Å². The molecule has 1 amide bonds. The maximum Gasteiger partial charge on any atom is 0.387 e. The summed E-state index contributed by atoms with van der Waals surface area (Å²) in [5.41, 5.74) is 1.99. The molecule has 0 saturated heterocycles. The zero-order chi connectivity index (χ0) is 15.9. The highest BCUT2D eigenvalue weighted by atomic mass is 32.1. The van der Waals surface area contributed by atoms with Crippen molar-refractivity contribution >= 4 is 17.2 Å². The average molecular weight is 325 g/mol. The number of thiophene rings is 1. The SMILES string of the molecule is CC(NC(=O)CCc1ccsc1)c1ccc(OC(F)F)cc1. The summed E-state index contributed by atoms with van der Waals surface area (Å²) in [7, 11) is 0. The maximum absolute atomic E-state index is 12.1. The topological polar surface area (TPSA) is 38.3 Å². The van der Waals surface area contributed by atoms with Gasteiger partial charge < -0.3 is 10.1 Å². The Morgan fingerprint density at radius 1 is 1.27 bits per heavy atom. The number of hydrogen-bond donors (Lipinski definition) is 1. The van der Waals surface area contributed by atoms with Crippen molar-refractivity contribution in [2.45, 2.75) is 32.4 Å². The number of carbonyl (C=O) groups is 1. The molecule has 1 heterocycles. The van der Waals surface area contributed by atoms with E-state index in [9.17, 15) is 13.6 Å². The molecule has 0 aliphatic carbocycles. The van der Waals surface area contributed by atoms with E-state index in [1.54, 1.807) is 23.5 Å². The third kappa shape index (κ3) is 5.11. The second kappa shape index (κ2) is 7.89. The number of alkyl halides is 2. The molecular weight excluding hydrogens is 308 g/mol. The standard InChI is InChI=1S/C16H17F2NO2S/c1-11(13-3-5-14(6-4-13)21-16(17)18)19-15(20)7-2-12-8-9-22-10-12/h3-6,8-11,16H,2,7H2,1H3,(H,19,20). The van der Waals surface area contributed by atoms with Crippen LogP contribution in [0.5, 0.6) is 5.75 Å². The number of rotatable bonds is 7. The first kappa shape index (κ1) is 16.4. The minimum absolute atomic E-state index is 0.0355. The van der Waals surface area contributed by atoms with E-state index >= 15 is 0 Å². The summed E-state index contributed by atoms with van der Waals surface area (Å²) in [6, 6.07) is 8.09. The number of carbonyl (C=O) groups excluding carboxylic acids is 1. The molecule has 1 aromatic carbocycles. The van der Waals surface area contributed by atoms with Crippen molar-refractivity contribution in [1.29, 1.82) is 0 Å². The Labute approximate surface area is 131 Å². The van der Waals surface area contributed by atoms with Crippen LogP contribution in [0.3, 0.4) is 0 Å². The Bertz CT molecular complexity index is 585. The van der Waals surface area contributed by atoms with Gasteiger partial charge in [-0.15, -0.1) is 0 Å². The largest absolute Gasteiger partial charge is 0.435 e. The van der Waals surface area contributed by atoms with Gasteiger partial charge in [0.25, 0.3) is 0 Å². The number of ether oxygens (including phenoxy) is 1. The van der Waals surface area contributed by atoms with Gasteiger partial charge in [-0.2, -0.15) is 20.1 Å². The number of nitrogens with one attached hydrogen (secondary N) is 1. The molecule has 0 bridgehead atoms. The van der Waals surface area contributed by atoms with Crippen molar-refractivity contribution in [3.63, 3.8) is 0 Å². The van der Waals surface area contributed by atoms with Crippen LogP contribution in [0.15, 0.2) is 41.1 Å². The fraction of sp³-hybridized carbons (Fsp3) is 0.312. The Morgan fingerprint density at radius 3 is 2.59 bits per heavy atom. The maximum atomic E-state index is 12.1. The molecule has 0 saturated carbocycles. The molecule has 3 nitrogen and oxygen atoms in total. The summed E-state index contributed by atoms with van der Waals surface area (Å²) in [4.78, 5) is 11.9. The van der Waals surface area contributed by atoms with Crippen LogP contribution in [0, 0.1) is 0 Å². The van der Waals surface area contributed by atoms with Gasteiger partial charge in [-0.3, -0.25) is 4.79 Å². The Morgan fingerprint density at radius 2 is 2.00 bits per heavy atom. The lowest BCUT2D eigenvalue weighted by Crippen LogP contribution is -2.26. The van der Waals surface area contributed by atoms with Crippen LogP contribution in [0.2, 0.25) is 0 Å². The van der Waals surface area contributed by atoms with Gasteiger partial charge in [0.1, 0.15) is 5.75 Å². The average Bonchev–Trinajstić information content (AvgIpc) is 2.98. The lowest BCUT2D eigenvalue weighted by atomic mass is 10.1. The third-order valence-electron chi connectivity index (χ3n) is 3.20. The van der Waals surface area contributed by atoms with Crippen LogP contribution in [0.25, 0.3) is 0 Å². The van der Waals surface area contributed by atoms with Gasteiger partial charge in [0.2, 0.25) is 5.91 Å². The molecule has 118 valence electrons. The Hall–Kier alpha value is -1.95.